The number of hydrogen-bond donors (Lipinski definition) is 3. The number of nitrogens with one attached hydrogen (secondary N) is 2. The van der Waals surface area contributed by atoms with E-state index in [9.17, 15) is 4.79 Å². The highest BCUT2D eigenvalue weighted by Crippen LogP contribution is 2.15. The molecule has 0 fully saturated rings. The first kappa shape index (κ1) is 19.4. The van der Waals surface area contributed by atoms with Crippen molar-refractivity contribution < 1.29 is 14.2 Å². The summed E-state index contributed by atoms with van der Waals surface area (Å²) in [4.78, 5) is 11.8. The Kier molecular flexibility index (Phi) is 6.59. The van der Waals surface area contributed by atoms with Gasteiger partial charge in [-0.25, -0.2) is 4.63 Å². The van der Waals surface area contributed by atoms with Crippen LogP contribution in [0.5, 0.6) is 5.75 Å². The molecule has 146 valence electrons. The number of nitrogen functional groups attached to an aromatic ring is 1. The van der Waals surface area contributed by atoms with E-state index in [1.165, 1.54) is 11.1 Å². The molecular weight excluding hydrogens is 358 g/mol. The van der Waals surface area contributed by atoms with Gasteiger partial charge in [-0.3, -0.25) is 4.79 Å². The Balaban J connectivity index is 1.36. The number of anilines is 1. The number of hydrogen-bond acceptors (Lipinski definition) is 7. The van der Waals surface area contributed by atoms with Gasteiger partial charge in [0.2, 0.25) is 11.5 Å². The fourth-order valence-corrected chi connectivity index (χ4v) is 2.57. The number of benzene rings is 2. The van der Waals surface area contributed by atoms with Crippen LogP contribution < -0.4 is 21.1 Å². The maximum absolute atomic E-state index is 11.8. The lowest BCUT2D eigenvalue weighted by molar-refractivity contribution is 0.0944. The minimum absolute atomic E-state index is 0.00119. The highest BCUT2D eigenvalue weighted by molar-refractivity contribution is 5.95. The predicted octanol–water partition coefficient (Wildman–Crippen LogP) is 2.06. The molecule has 2 aromatic carbocycles. The summed E-state index contributed by atoms with van der Waals surface area (Å²) in [5.41, 5.74) is 8.99. The molecule has 1 heterocycles. The van der Waals surface area contributed by atoms with Crippen molar-refractivity contribution in [1.82, 2.24) is 20.9 Å². The number of nitrogens with two attached hydrogens (primary N) is 1. The molecule has 0 aliphatic rings. The maximum atomic E-state index is 11.8. The minimum Gasteiger partial charge on any atom is -0.489 e. The maximum Gasteiger partial charge on any atom is 0.277 e. The molecule has 8 nitrogen and oxygen atoms in total. The Labute approximate surface area is 163 Å². The van der Waals surface area contributed by atoms with Gasteiger partial charge in [0, 0.05) is 19.6 Å². The number of carbonyl (C=O) groups excluding carboxylic acids is 1. The molecule has 1 amide bonds. The lowest BCUT2D eigenvalue weighted by atomic mass is 10.1. The third-order valence-corrected chi connectivity index (χ3v) is 4.22. The van der Waals surface area contributed by atoms with Crippen LogP contribution in [0, 0.1) is 6.92 Å². The van der Waals surface area contributed by atoms with Crippen molar-refractivity contribution >= 4 is 11.7 Å². The van der Waals surface area contributed by atoms with Gasteiger partial charge < -0.3 is 21.1 Å². The minimum atomic E-state index is -0.407. The zero-order valence-electron chi connectivity index (χ0n) is 15.6. The molecule has 3 rings (SSSR count). The second-order valence-corrected chi connectivity index (χ2v) is 6.29. The molecule has 0 atom stereocenters. The van der Waals surface area contributed by atoms with Gasteiger partial charge in [0.1, 0.15) is 12.4 Å². The first-order valence-corrected chi connectivity index (χ1v) is 8.96. The second kappa shape index (κ2) is 9.52. The van der Waals surface area contributed by atoms with Crippen molar-refractivity contribution in [3.8, 4) is 5.75 Å². The quantitative estimate of drug-likeness (QED) is 0.486. The Morgan fingerprint density at radius 3 is 2.61 bits per heavy atom. The van der Waals surface area contributed by atoms with E-state index >= 15 is 0 Å². The highest BCUT2D eigenvalue weighted by atomic mass is 16.6. The zero-order chi connectivity index (χ0) is 19.8. The van der Waals surface area contributed by atoms with Crippen molar-refractivity contribution in [2.24, 2.45) is 0 Å². The molecule has 0 saturated carbocycles. The van der Waals surface area contributed by atoms with Crippen LogP contribution in [0.4, 0.5) is 5.82 Å². The number of ether oxygens (including phenoxy) is 1. The zero-order valence-corrected chi connectivity index (χ0v) is 15.6. The van der Waals surface area contributed by atoms with E-state index in [2.05, 4.69) is 44.6 Å². The van der Waals surface area contributed by atoms with Crippen LogP contribution in [0.25, 0.3) is 0 Å². The van der Waals surface area contributed by atoms with E-state index < -0.39 is 5.91 Å². The molecule has 0 spiro atoms. The first-order chi connectivity index (χ1) is 13.6. The van der Waals surface area contributed by atoms with Gasteiger partial charge in [0.15, 0.2) is 0 Å². The predicted molar refractivity (Wildman–Crippen MR) is 105 cm³/mol. The Bertz CT molecular complexity index is 908. The van der Waals surface area contributed by atoms with Crippen molar-refractivity contribution in [2.45, 2.75) is 20.1 Å². The molecular formula is C20H23N5O3. The molecule has 28 heavy (non-hydrogen) atoms. The Morgan fingerprint density at radius 1 is 1.11 bits per heavy atom. The van der Waals surface area contributed by atoms with Crippen LogP contribution in [0.15, 0.2) is 53.2 Å². The van der Waals surface area contributed by atoms with E-state index in [-0.39, 0.29) is 11.5 Å². The van der Waals surface area contributed by atoms with Crippen LogP contribution in [0.1, 0.15) is 27.2 Å². The van der Waals surface area contributed by atoms with Crippen LogP contribution in [0.2, 0.25) is 0 Å². The smallest absolute Gasteiger partial charge is 0.277 e. The largest absolute Gasteiger partial charge is 0.489 e. The molecule has 0 unspecified atom stereocenters. The molecule has 0 aliphatic carbocycles. The molecule has 8 heteroatoms. The molecule has 0 radical (unpaired) electrons. The fourth-order valence-electron chi connectivity index (χ4n) is 2.57. The van der Waals surface area contributed by atoms with Crippen molar-refractivity contribution in [2.75, 3.05) is 18.8 Å². The number of rotatable bonds is 9. The van der Waals surface area contributed by atoms with Gasteiger partial charge in [-0.2, -0.15) is 0 Å². The number of aryl methyl sites for hydroxylation is 1. The standard InChI is InChI=1S/C20H23N5O3/c1-14-4-2-3-5-16(14)13-27-17-8-6-15(7-9-17)12-22-10-11-23-20(26)18-19(21)25-28-24-18/h2-9,22H,10-13H2,1H3,(H2,21,25)(H,23,26). The van der Waals surface area contributed by atoms with Gasteiger partial charge in [-0.1, -0.05) is 36.4 Å². The Morgan fingerprint density at radius 2 is 1.89 bits per heavy atom. The van der Waals surface area contributed by atoms with Crippen LogP contribution in [-0.2, 0) is 13.2 Å². The first-order valence-electron chi connectivity index (χ1n) is 8.96. The van der Waals surface area contributed by atoms with Gasteiger partial charge in [0.05, 0.1) is 0 Å². The summed E-state index contributed by atoms with van der Waals surface area (Å²) < 4.78 is 10.2. The molecule has 0 aliphatic heterocycles. The summed E-state index contributed by atoms with van der Waals surface area (Å²) in [6.45, 7) is 4.34. The van der Waals surface area contributed by atoms with E-state index in [1.807, 2.05) is 36.4 Å². The lowest BCUT2D eigenvalue weighted by Crippen LogP contribution is -2.32. The summed E-state index contributed by atoms with van der Waals surface area (Å²) in [5.74, 6) is 0.406. The van der Waals surface area contributed by atoms with Gasteiger partial charge in [0.25, 0.3) is 5.91 Å². The SMILES string of the molecule is Cc1ccccc1COc1ccc(CNCCNC(=O)c2nonc2N)cc1. The fraction of sp³-hybridized carbons (Fsp3) is 0.250. The third kappa shape index (κ3) is 5.31. The van der Waals surface area contributed by atoms with Crippen molar-refractivity contribution in [3.05, 3.63) is 70.9 Å². The van der Waals surface area contributed by atoms with E-state index in [0.717, 1.165) is 11.3 Å². The molecule has 3 aromatic rings. The summed E-state index contributed by atoms with van der Waals surface area (Å²) in [5, 5.41) is 12.8. The second-order valence-electron chi connectivity index (χ2n) is 6.29. The van der Waals surface area contributed by atoms with Crippen LogP contribution in [-0.4, -0.2) is 29.3 Å². The number of amides is 1. The molecule has 1 aromatic heterocycles. The van der Waals surface area contributed by atoms with Crippen molar-refractivity contribution in [3.63, 3.8) is 0 Å². The topological polar surface area (TPSA) is 115 Å². The van der Waals surface area contributed by atoms with E-state index in [4.69, 9.17) is 10.5 Å². The van der Waals surface area contributed by atoms with Gasteiger partial charge in [-0.15, -0.1) is 0 Å². The number of nitrogens with zero attached hydrogens (tertiary/aromatic N) is 2. The average Bonchev–Trinajstić information content (AvgIpc) is 3.14. The average molecular weight is 381 g/mol. The van der Waals surface area contributed by atoms with Crippen LogP contribution >= 0.6 is 0 Å². The number of aromatic nitrogens is 2. The molecule has 0 bridgehead atoms. The molecule has 4 N–H and O–H groups in total. The highest BCUT2D eigenvalue weighted by Gasteiger charge is 2.14. The normalized spacial score (nSPS) is 10.6. The summed E-state index contributed by atoms with van der Waals surface area (Å²) in [6, 6.07) is 16.1. The molecule has 0 saturated heterocycles. The lowest BCUT2D eigenvalue weighted by Gasteiger charge is -2.10. The van der Waals surface area contributed by atoms with E-state index in [0.29, 0.717) is 26.2 Å². The third-order valence-electron chi connectivity index (χ3n) is 4.22. The Hall–Kier alpha value is -3.39. The van der Waals surface area contributed by atoms with E-state index in [1.54, 1.807) is 0 Å². The van der Waals surface area contributed by atoms with Crippen molar-refractivity contribution in [1.29, 1.82) is 0 Å². The van der Waals surface area contributed by atoms with Gasteiger partial charge in [-0.05, 0) is 46.1 Å². The summed E-state index contributed by atoms with van der Waals surface area (Å²) >= 11 is 0. The summed E-state index contributed by atoms with van der Waals surface area (Å²) in [7, 11) is 0. The summed E-state index contributed by atoms with van der Waals surface area (Å²) in [6.07, 6.45) is 0. The van der Waals surface area contributed by atoms with Gasteiger partial charge >= 0.3 is 0 Å². The number of carbonyl (C=O) groups is 1. The monoisotopic (exact) mass is 381 g/mol. The van der Waals surface area contributed by atoms with Crippen LogP contribution in [0.3, 0.4) is 0 Å².